The Morgan fingerprint density at radius 1 is 1.00 bits per heavy atom. The van der Waals surface area contributed by atoms with Crippen LogP contribution in [0, 0.1) is 11.3 Å². The summed E-state index contributed by atoms with van der Waals surface area (Å²) in [6.07, 6.45) is -12.8. The fourth-order valence-corrected chi connectivity index (χ4v) is 1.61. The average Bonchev–Trinajstić information content (AvgIpc) is 2.45. The Balaban J connectivity index is 3.38. The SMILES string of the molecule is O=C(O)C1C(F)(F)C1(C(F)(F)F)C(F)(F)F. The Morgan fingerprint density at radius 3 is 1.38 bits per heavy atom. The van der Waals surface area contributed by atoms with Gasteiger partial charge in [0.2, 0.25) is 5.41 Å². The van der Waals surface area contributed by atoms with Crippen LogP contribution in [-0.2, 0) is 4.79 Å². The molecule has 0 amide bonds. The second kappa shape index (κ2) is 2.77. The lowest BCUT2D eigenvalue weighted by molar-refractivity contribution is -0.324. The van der Waals surface area contributed by atoms with Crippen LogP contribution in [0.5, 0.6) is 0 Å². The van der Waals surface area contributed by atoms with Gasteiger partial charge in [0.25, 0.3) is 5.92 Å². The van der Waals surface area contributed by atoms with Gasteiger partial charge in [0.15, 0.2) is 5.92 Å². The molecule has 0 aromatic heterocycles. The van der Waals surface area contributed by atoms with E-state index in [1.165, 1.54) is 0 Å². The van der Waals surface area contributed by atoms with Gasteiger partial charge in [-0.25, -0.2) is 8.78 Å². The van der Waals surface area contributed by atoms with Crippen molar-refractivity contribution in [3.05, 3.63) is 0 Å². The van der Waals surface area contributed by atoms with Crippen LogP contribution in [0.4, 0.5) is 35.1 Å². The van der Waals surface area contributed by atoms with Gasteiger partial charge in [0.1, 0.15) is 0 Å². The number of hydrogen-bond acceptors (Lipinski definition) is 1. The lowest BCUT2D eigenvalue weighted by Gasteiger charge is -2.22. The molecule has 0 spiro atoms. The van der Waals surface area contributed by atoms with E-state index in [2.05, 4.69) is 0 Å². The molecule has 0 bridgehead atoms. The molecule has 0 saturated heterocycles. The number of rotatable bonds is 1. The van der Waals surface area contributed by atoms with Gasteiger partial charge in [-0.2, -0.15) is 26.3 Å². The predicted octanol–water partition coefficient (Wildman–Crippen LogP) is 2.45. The second-order valence-corrected chi connectivity index (χ2v) is 3.20. The number of hydrogen-bond donors (Lipinski definition) is 1. The van der Waals surface area contributed by atoms with Gasteiger partial charge in [0.05, 0.1) is 0 Å². The quantitative estimate of drug-likeness (QED) is 0.733. The Hall–Kier alpha value is -1.09. The maximum absolute atomic E-state index is 12.5. The highest BCUT2D eigenvalue weighted by molar-refractivity contribution is 5.78. The average molecular weight is 258 g/mol. The van der Waals surface area contributed by atoms with Crippen LogP contribution in [0.1, 0.15) is 0 Å². The van der Waals surface area contributed by atoms with Crippen molar-refractivity contribution < 1.29 is 45.0 Å². The third-order valence-corrected chi connectivity index (χ3v) is 2.38. The lowest BCUT2D eigenvalue weighted by Crippen LogP contribution is -2.44. The molecule has 0 heterocycles. The normalized spacial score (nSPS) is 27.6. The van der Waals surface area contributed by atoms with Crippen molar-refractivity contribution in [3.8, 4) is 0 Å². The van der Waals surface area contributed by atoms with Crippen molar-refractivity contribution in [3.63, 3.8) is 0 Å². The van der Waals surface area contributed by atoms with Gasteiger partial charge in [-0.3, -0.25) is 4.79 Å². The maximum Gasteiger partial charge on any atom is 0.410 e. The molecule has 1 N–H and O–H groups in total. The minimum absolute atomic E-state index is 2.83. The minimum Gasteiger partial charge on any atom is -0.481 e. The van der Waals surface area contributed by atoms with Gasteiger partial charge in [-0.1, -0.05) is 0 Å². The van der Waals surface area contributed by atoms with E-state index in [-0.39, 0.29) is 0 Å². The summed E-state index contributed by atoms with van der Waals surface area (Å²) in [6, 6.07) is 0. The summed E-state index contributed by atoms with van der Waals surface area (Å²) in [5, 5.41) is 7.97. The van der Waals surface area contributed by atoms with Crippen molar-refractivity contribution in [2.45, 2.75) is 18.3 Å². The predicted molar refractivity (Wildman–Crippen MR) is 30.6 cm³/mol. The van der Waals surface area contributed by atoms with Gasteiger partial charge in [-0.05, 0) is 0 Å². The molecule has 1 atom stereocenters. The number of carbonyl (C=O) groups is 1. The third kappa shape index (κ3) is 1.15. The molecule has 2 nitrogen and oxygen atoms in total. The Morgan fingerprint density at radius 2 is 1.31 bits per heavy atom. The molecule has 0 aromatic carbocycles. The van der Waals surface area contributed by atoms with Crippen molar-refractivity contribution in [2.24, 2.45) is 11.3 Å². The summed E-state index contributed by atoms with van der Waals surface area (Å²) in [6.45, 7) is 0. The zero-order chi connectivity index (χ0) is 13.2. The zero-order valence-electron chi connectivity index (χ0n) is 6.96. The van der Waals surface area contributed by atoms with Crippen LogP contribution in [-0.4, -0.2) is 29.4 Å². The van der Waals surface area contributed by atoms with E-state index in [9.17, 15) is 39.9 Å². The summed E-state index contributed by atoms with van der Waals surface area (Å²) < 4.78 is 97.3. The molecule has 0 aromatic rings. The summed E-state index contributed by atoms with van der Waals surface area (Å²) in [7, 11) is 0. The van der Waals surface area contributed by atoms with Gasteiger partial charge >= 0.3 is 18.3 Å². The Labute approximate surface area is 81.8 Å². The summed E-state index contributed by atoms with van der Waals surface area (Å²) >= 11 is 0. The lowest BCUT2D eigenvalue weighted by atomic mass is 10.0. The summed E-state index contributed by atoms with van der Waals surface area (Å²) in [4.78, 5) is 10.0. The van der Waals surface area contributed by atoms with Crippen LogP contribution < -0.4 is 0 Å². The molecule has 16 heavy (non-hydrogen) atoms. The molecule has 1 aliphatic rings. The van der Waals surface area contributed by atoms with Crippen LogP contribution in [0.3, 0.4) is 0 Å². The Bertz CT molecular complexity index is 312. The first-order chi connectivity index (χ1) is 6.82. The second-order valence-electron chi connectivity index (χ2n) is 3.20. The number of aliphatic carboxylic acids is 1. The molecule has 1 fully saturated rings. The van der Waals surface area contributed by atoms with Gasteiger partial charge < -0.3 is 5.11 Å². The fourth-order valence-electron chi connectivity index (χ4n) is 1.61. The first-order valence-electron chi connectivity index (χ1n) is 3.56. The molecule has 94 valence electrons. The molecular weight excluding hydrogens is 256 g/mol. The fraction of sp³-hybridized carbons (Fsp3) is 0.833. The summed E-state index contributed by atoms with van der Waals surface area (Å²) in [5.41, 5.74) is -5.47. The van der Waals surface area contributed by atoms with Crippen molar-refractivity contribution in [2.75, 3.05) is 0 Å². The number of carboxylic acid groups (broad SMARTS) is 1. The zero-order valence-corrected chi connectivity index (χ0v) is 6.96. The smallest absolute Gasteiger partial charge is 0.410 e. The highest BCUT2D eigenvalue weighted by Gasteiger charge is 3.03. The number of carboxylic acids is 1. The molecule has 1 aliphatic carbocycles. The van der Waals surface area contributed by atoms with E-state index in [1.807, 2.05) is 0 Å². The van der Waals surface area contributed by atoms with Crippen molar-refractivity contribution in [1.29, 1.82) is 0 Å². The van der Waals surface area contributed by atoms with Crippen LogP contribution in [0.25, 0.3) is 0 Å². The molecule has 0 radical (unpaired) electrons. The highest BCUT2D eigenvalue weighted by Crippen LogP contribution is 2.78. The molecule has 10 heteroatoms. The van der Waals surface area contributed by atoms with Crippen LogP contribution >= 0.6 is 0 Å². The number of halogens is 8. The third-order valence-electron chi connectivity index (χ3n) is 2.38. The van der Waals surface area contributed by atoms with Crippen LogP contribution in [0.15, 0.2) is 0 Å². The minimum atomic E-state index is -6.38. The van der Waals surface area contributed by atoms with E-state index >= 15 is 0 Å². The van der Waals surface area contributed by atoms with E-state index in [0.717, 1.165) is 0 Å². The number of alkyl halides is 8. The first kappa shape index (κ1) is 13.0. The molecule has 0 aliphatic heterocycles. The maximum atomic E-state index is 12.5. The molecule has 1 saturated carbocycles. The van der Waals surface area contributed by atoms with Gasteiger partial charge in [0, 0.05) is 0 Å². The Kier molecular flexibility index (Phi) is 2.25. The summed E-state index contributed by atoms with van der Waals surface area (Å²) in [5.74, 6) is -12.0. The standard InChI is InChI=1S/C6H2F8O2/c7-4(8)1(2(15)16)3(4,5(9,10)11)6(12,13)14/h1H,(H,15,16). The van der Waals surface area contributed by atoms with E-state index < -0.39 is 35.6 Å². The van der Waals surface area contributed by atoms with E-state index in [1.54, 1.807) is 0 Å². The van der Waals surface area contributed by atoms with Crippen molar-refractivity contribution >= 4 is 5.97 Å². The molecule has 1 rings (SSSR count). The van der Waals surface area contributed by atoms with Crippen molar-refractivity contribution in [1.82, 2.24) is 0 Å². The van der Waals surface area contributed by atoms with Crippen LogP contribution in [0.2, 0.25) is 0 Å². The largest absolute Gasteiger partial charge is 0.481 e. The molecule has 1 unspecified atom stereocenters. The van der Waals surface area contributed by atoms with E-state index in [0.29, 0.717) is 0 Å². The monoisotopic (exact) mass is 258 g/mol. The van der Waals surface area contributed by atoms with Gasteiger partial charge in [-0.15, -0.1) is 0 Å². The topological polar surface area (TPSA) is 37.3 Å². The van der Waals surface area contributed by atoms with E-state index in [4.69, 9.17) is 5.11 Å². The molecular formula is C6H2F8O2. The first-order valence-corrected chi connectivity index (χ1v) is 3.56. The highest BCUT2D eigenvalue weighted by atomic mass is 19.4.